The van der Waals surface area contributed by atoms with Gasteiger partial charge in [-0.2, -0.15) is 0 Å². The Morgan fingerprint density at radius 3 is 2.68 bits per heavy atom. The number of rotatable bonds is 6. The van der Waals surface area contributed by atoms with Crippen LogP contribution in [0.2, 0.25) is 0 Å². The van der Waals surface area contributed by atoms with Crippen molar-refractivity contribution in [1.82, 2.24) is 9.88 Å². The molecule has 5 nitrogen and oxygen atoms in total. The average molecular weight is 346 g/mol. The molecule has 2 fully saturated rings. The molecule has 2 bridgehead atoms. The van der Waals surface area contributed by atoms with Gasteiger partial charge in [-0.3, -0.25) is 4.79 Å². The van der Waals surface area contributed by atoms with Crippen molar-refractivity contribution in [2.45, 2.75) is 66.0 Å². The molecule has 4 unspecified atom stereocenters. The van der Waals surface area contributed by atoms with Crippen LogP contribution in [-0.2, 0) is 16.1 Å². The van der Waals surface area contributed by atoms with Crippen molar-refractivity contribution < 1.29 is 14.3 Å². The highest BCUT2D eigenvalue weighted by Crippen LogP contribution is 2.49. The quantitative estimate of drug-likeness (QED) is 0.805. The van der Waals surface area contributed by atoms with Crippen molar-refractivity contribution in [2.24, 2.45) is 17.8 Å². The molecule has 5 heteroatoms. The Bertz CT molecular complexity index is 664. The fourth-order valence-corrected chi connectivity index (χ4v) is 4.92. The summed E-state index contributed by atoms with van der Waals surface area (Å²) >= 11 is 0. The third-order valence-electron chi connectivity index (χ3n) is 6.19. The average Bonchev–Trinajstić information content (AvgIpc) is 3.25. The zero-order chi connectivity index (χ0) is 18.1. The minimum absolute atomic E-state index is 0.0208. The predicted molar refractivity (Wildman–Crippen MR) is 96.4 cm³/mol. The number of aryl methyl sites for hydroxylation is 1. The molecule has 25 heavy (non-hydrogen) atoms. The largest absolute Gasteiger partial charge is 0.462 e. The number of fused-ring (bicyclic) bond motifs is 2. The summed E-state index contributed by atoms with van der Waals surface area (Å²) in [5.41, 5.74) is 2.25. The Morgan fingerprint density at radius 2 is 2.08 bits per heavy atom. The van der Waals surface area contributed by atoms with Gasteiger partial charge >= 0.3 is 5.97 Å². The van der Waals surface area contributed by atoms with Crippen molar-refractivity contribution in [3.63, 3.8) is 0 Å². The maximum atomic E-state index is 12.5. The van der Waals surface area contributed by atoms with Gasteiger partial charge in [-0.25, -0.2) is 4.79 Å². The minimum Gasteiger partial charge on any atom is -0.462 e. The van der Waals surface area contributed by atoms with E-state index in [1.165, 1.54) is 25.7 Å². The summed E-state index contributed by atoms with van der Waals surface area (Å²) in [6.45, 7) is 8.32. The molecule has 0 aromatic carbocycles. The van der Waals surface area contributed by atoms with Crippen LogP contribution in [-0.4, -0.2) is 29.1 Å². The van der Waals surface area contributed by atoms with Crippen LogP contribution in [0.4, 0.5) is 0 Å². The molecule has 3 rings (SSSR count). The first-order valence-corrected chi connectivity index (χ1v) is 9.53. The van der Waals surface area contributed by atoms with E-state index in [1.54, 1.807) is 13.0 Å². The first-order valence-electron chi connectivity index (χ1n) is 9.53. The zero-order valence-corrected chi connectivity index (χ0v) is 15.8. The summed E-state index contributed by atoms with van der Waals surface area (Å²) in [5.74, 6) is 2.01. The van der Waals surface area contributed by atoms with Crippen LogP contribution < -0.4 is 5.32 Å². The van der Waals surface area contributed by atoms with Gasteiger partial charge in [0.25, 0.3) is 0 Å². The molecule has 138 valence electrons. The monoisotopic (exact) mass is 346 g/mol. The van der Waals surface area contributed by atoms with E-state index in [0.29, 0.717) is 18.1 Å². The topological polar surface area (TPSA) is 60.3 Å². The number of carbonyl (C=O) groups is 2. The number of hydrogen-bond donors (Lipinski definition) is 1. The van der Waals surface area contributed by atoms with Gasteiger partial charge in [0.05, 0.1) is 12.2 Å². The van der Waals surface area contributed by atoms with Crippen LogP contribution in [0.15, 0.2) is 6.07 Å². The van der Waals surface area contributed by atoms with Gasteiger partial charge < -0.3 is 14.6 Å². The lowest BCUT2D eigenvalue weighted by atomic mass is 9.84. The Labute approximate surface area is 150 Å². The van der Waals surface area contributed by atoms with E-state index in [-0.39, 0.29) is 24.5 Å². The summed E-state index contributed by atoms with van der Waals surface area (Å²) in [5, 5.41) is 3.20. The molecule has 4 atom stereocenters. The summed E-state index contributed by atoms with van der Waals surface area (Å²) in [6, 6.07) is 2.03. The minimum atomic E-state index is -0.322. The fourth-order valence-electron chi connectivity index (χ4n) is 4.92. The summed E-state index contributed by atoms with van der Waals surface area (Å²) < 4.78 is 6.99. The van der Waals surface area contributed by atoms with Gasteiger partial charge in [-0.15, -0.1) is 0 Å². The van der Waals surface area contributed by atoms with Crippen LogP contribution >= 0.6 is 0 Å². The molecule has 0 spiro atoms. The van der Waals surface area contributed by atoms with E-state index in [9.17, 15) is 9.59 Å². The van der Waals surface area contributed by atoms with Gasteiger partial charge in [-0.1, -0.05) is 6.42 Å². The molecule has 0 saturated heterocycles. The molecule has 1 heterocycles. The predicted octanol–water partition coefficient (Wildman–Crippen LogP) is 3.22. The summed E-state index contributed by atoms with van der Waals surface area (Å²) in [6.07, 6.45) is 5.32. The molecular weight excluding hydrogens is 316 g/mol. The lowest BCUT2D eigenvalue weighted by molar-refractivity contribution is -0.122. The molecule has 0 radical (unpaired) electrons. The second kappa shape index (κ2) is 7.22. The van der Waals surface area contributed by atoms with Crippen LogP contribution in [0.5, 0.6) is 0 Å². The van der Waals surface area contributed by atoms with Gasteiger partial charge in [0.2, 0.25) is 5.91 Å². The SMILES string of the molecule is CCOC(=O)c1cc(C)n(CC(=O)NC(C)C2CC3CCC2C3)c1C. The molecule has 1 amide bonds. The van der Waals surface area contributed by atoms with Gasteiger partial charge in [0, 0.05) is 17.4 Å². The summed E-state index contributed by atoms with van der Waals surface area (Å²) in [4.78, 5) is 24.6. The molecule has 0 aliphatic heterocycles. The molecule has 2 saturated carbocycles. The smallest absolute Gasteiger partial charge is 0.339 e. The highest BCUT2D eigenvalue weighted by Gasteiger charge is 2.42. The Balaban J connectivity index is 1.62. The van der Waals surface area contributed by atoms with E-state index in [4.69, 9.17) is 4.74 Å². The Hall–Kier alpha value is -1.78. The second-order valence-corrected chi connectivity index (χ2v) is 7.79. The standard InChI is InChI=1S/C20H30N2O3/c1-5-25-20(24)18-8-12(2)22(14(18)4)11-19(23)21-13(3)17-10-15-6-7-16(17)9-15/h8,13,15-17H,5-7,9-11H2,1-4H3,(H,21,23). The van der Waals surface area contributed by atoms with Crippen molar-refractivity contribution in [2.75, 3.05) is 6.61 Å². The normalized spacial score (nSPS) is 25.8. The molecule has 2 aliphatic rings. The fraction of sp³-hybridized carbons (Fsp3) is 0.700. The third-order valence-corrected chi connectivity index (χ3v) is 6.19. The van der Waals surface area contributed by atoms with Gasteiger partial charge in [0.1, 0.15) is 6.54 Å². The number of esters is 1. The molecule has 1 aromatic heterocycles. The van der Waals surface area contributed by atoms with Crippen LogP contribution in [0, 0.1) is 31.6 Å². The van der Waals surface area contributed by atoms with Crippen molar-refractivity contribution in [1.29, 1.82) is 0 Å². The third kappa shape index (κ3) is 3.60. The molecule has 1 aromatic rings. The lowest BCUT2D eigenvalue weighted by Crippen LogP contribution is -2.41. The maximum absolute atomic E-state index is 12.5. The zero-order valence-electron chi connectivity index (χ0n) is 15.8. The maximum Gasteiger partial charge on any atom is 0.339 e. The number of hydrogen-bond acceptors (Lipinski definition) is 3. The number of ether oxygens (including phenoxy) is 1. The number of nitrogens with one attached hydrogen (secondary N) is 1. The van der Waals surface area contributed by atoms with Crippen molar-refractivity contribution in [3.05, 3.63) is 23.0 Å². The van der Waals surface area contributed by atoms with Crippen LogP contribution in [0.3, 0.4) is 0 Å². The van der Waals surface area contributed by atoms with Crippen molar-refractivity contribution >= 4 is 11.9 Å². The van der Waals surface area contributed by atoms with Gasteiger partial charge in [-0.05, 0) is 70.8 Å². The molecule has 2 aliphatic carbocycles. The number of aromatic nitrogens is 1. The van der Waals surface area contributed by atoms with Gasteiger partial charge in [0.15, 0.2) is 0 Å². The number of nitrogens with zero attached hydrogens (tertiary/aromatic N) is 1. The Morgan fingerprint density at radius 1 is 1.32 bits per heavy atom. The van der Waals surface area contributed by atoms with E-state index in [1.807, 2.05) is 18.4 Å². The van der Waals surface area contributed by atoms with E-state index in [0.717, 1.165) is 23.2 Å². The summed E-state index contributed by atoms with van der Waals surface area (Å²) in [7, 11) is 0. The first-order chi connectivity index (χ1) is 11.9. The second-order valence-electron chi connectivity index (χ2n) is 7.79. The van der Waals surface area contributed by atoms with Crippen LogP contribution in [0.1, 0.15) is 61.3 Å². The van der Waals surface area contributed by atoms with E-state index in [2.05, 4.69) is 12.2 Å². The van der Waals surface area contributed by atoms with Crippen LogP contribution in [0.25, 0.3) is 0 Å². The lowest BCUT2D eigenvalue weighted by Gasteiger charge is -2.28. The van der Waals surface area contributed by atoms with Crippen molar-refractivity contribution in [3.8, 4) is 0 Å². The molecule has 1 N–H and O–H groups in total. The number of carbonyl (C=O) groups excluding carboxylic acids is 2. The first kappa shape index (κ1) is 18.0. The molecular formula is C20H30N2O3. The highest BCUT2D eigenvalue weighted by molar-refractivity contribution is 5.91. The van der Waals surface area contributed by atoms with E-state index < -0.39 is 0 Å². The highest BCUT2D eigenvalue weighted by atomic mass is 16.5. The number of amides is 1. The van der Waals surface area contributed by atoms with E-state index >= 15 is 0 Å². The Kier molecular flexibility index (Phi) is 5.21.